The lowest BCUT2D eigenvalue weighted by atomic mass is 9.82. The molecule has 146 valence electrons. The summed E-state index contributed by atoms with van der Waals surface area (Å²) in [5.41, 5.74) is 3.16. The molecule has 3 heterocycles. The first-order valence-electron chi connectivity index (χ1n) is 9.82. The summed E-state index contributed by atoms with van der Waals surface area (Å²) >= 11 is 0. The first-order valence-corrected chi connectivity index (χ1v) is 9.82. The summed E-state index contributed by atoms with van der Waals surface area (Å²) in [6, 6.07) is 18.5. The smallest absolute Gasteiger partial charge is 0.168 e. The molecule has 1 aliphatic heterocycles. The van der Waals surface area contributed by atoms with Gasteiger partial charge < -0.3 is 9.64 Å². The highest BCUT2D eigenvalue weighted by Crippen LogP contribution is 2.38. The Morgan fingerprint density at radius 3 is 2.72 bits per heavy atom. The van der Waals surface area contributed by atoms with E-state index in [4.69, 9.17) is 4.74 Å². The molecule has 0 N–H and O–H groups in total. The molecule has 0 bridgehead atoms. The lowest BCUT2D eigenvalue weighted by Crippen LogP contribution is -2.28. The molecule has 0 radical (unpaired) electrons. The average molecular weight is 385 g/mol. The molecule has 6 nitrogen and oxygen atoms in total. The number of para-hydroxylation sites is 1. The van der Waals surface area contributed by atoms with Gasteiger partial charge in [0.1, 0.15) is 17.9 Å². The molecule has 2 aromatic carbocycles. The van der Waals surface area contributed by atoms with Crippen LogP contribution in [0.2, 0.25) is 0 Å². The molecule has 1 aliphatic rings. The van der Waals surface area contributed by atoms with Gasteiger partial charge in [-0.2, -0.15) is 5.10 Å². The van der Waals surface area contributed by atoms with Crippen molar-refractivity contribution in [2.75, 3.05) is 25.1 Å². The van der Waals surface area contributed by atoms with E-state index in [9.17, 15) is 0 Å². The number of anilines is 1. The van der Waals surface area contributed by atoms with Crippen molar-refractivity contribution in [2.24, 2.45) is 0 Å². The Morgan fingerprint density at radius 1 is 1.03 bits per heavy atom. The van der Waals surface area contributed by atoms with E-state index in [0.29, 0.717) is 0 Å². The fourth-order valence-electron chi connectivity index (χ4n) is 4.22. The zero-order valence-electron chi connectivity index (χ0n) is 16.6. The van der Waals surface area contributed by atoms with Crippen LogP contribution in [0.5, 0.6) is 5.75 Å². The monoisotopic (exact) mass is 385 g/mol. The molecule has 4 aromatic rings. The van der Waals surface area contributed by atoms with Crippen molar-refractivity contribution < 1.29 is 4.74 Å². The second-order valence-corrected chi connectivity index (χ2v) is 7.79. The SMILES string of the molecule is COc1cccc(C2(C)CCN(c3ncnc4c3cnn4-c3ccccc3)C2)c1. The molecule has 6 heteroatoms. The van der Waals surface area contributed by atoms with Crippen LogP contribution in [0, 0.1) is 0 Å². The molecule has 1 atom stereocenters. The zero-order valence-corrected chi connectivity index (χ0v) is 16.6. The summed E-state index contributed by atoms with van der Waals surface area (Å²) in [6.07, 6.45) is 4.57. The van der Waals surface area contributed by atoms with Crippen LogP contribution < -0.4 is 9.64 Å². The molecule has 0 aliphatic carbocycles. The third kappa shape index (κ3) is 3.01. The van der Waals surface area contributed by atoms with Gasteiger partial charge in [0.05, 0.1) is 24.4 Å². The van der Waals surface area contributed by atoms with Gasteiger partial charge in [0.25, 0.3) is 0 Å². The minimum Gasteiger partial charge on any atom is -0.497 e. The van der Waals surface area contributed by atoms with Crippen LogP contribution >= 0.6 is 0 Å². The van der Waals surface area contributed by atoms with Crippen LogP contribution in [0.15, 0.2) is 67.1 Å². The van der Waals surface area contributed by atoms with E-state index >= 15 is 0 Å². The van der Waals surface area contributed by atoms with Crippen molar-refractivity contribution >= 4 is 16.9 Å². The van der Waals surface area contributed by atoms with Gasteiger partial charge in [-0.3, -0.25) is 0 Å². The van der Waals surface area contributed by atoms with Crippen molar-refractivity contribution in [2.45, 2.75) is 18.8 Å². The minimum absolute atomic E-state index is 0.0429. The Balaban J connectivity index is 1.50. The molecule has 0 amide bonds. The maximum absolute atomic E-state index is 5.43. The first kappa shape index (κ1) is 17.7. The number of methoxy groups -OCH3 is 1. The van der Waals surface area contributed by atoms with Gasteiger partial charge in [0.15, 0.2) is 5.65 Å². The predicted molar refractivity (Wildman–Crippen MR) is 114 cm³/mol. The molecular weight excluding hydrogens is 362 g/mol. The fourth-order valence-corrected chi connectivity index (χ4v) is 4.22. The number of hydrogen-bond donors (Lipinski definition) is 0. The lowest BCUT2D eigenvalue weighted by Gasteiger charge is -2.26. The van der Waals surface area contributed by atoms with Crippen LogP contribution in [-0.4, -0.2) is 39.9 Å². The molecule has 0 spiro atoms. The van der Waals surface area contributed by atoms with E-state index < -0.39 is 0 Å². The Labute approximate surface area is 169 Å². The molecular formula is C23H23N5O. The zero-order chi connectivity index (χ0) is 19.8. The highest BCUT2D eigenvalue weighted by atomic mass is 16.5. The number of nitrogens with zero attached hydrogens (tertiary/aromatic N) is 5. The molecule has 1 saturated heterocycles. The van der Waals surface area contributed by atoms with Crippen molar-refractivity contribution in [3.05, 3.63) is 72.7 Å². The van der Waals surface area contributed by atoms with Gasteiger partial charge >= 0.3 is 0 Å². The number of aromatic nitrogens is 4. The Kier molecular flexibility index (Phi) is 4.19. The molecule has 2 aromatic heterocycles. The summed E-state index contributed by atoms with van der Waals surface area (Å²) in [6.45, 7) is 4.15. The van der Waals surface area contributed by atoms with Crippen LogP contribution in [0.3, 0.4) is 0 Å². The van der Waals surface area contributed by atoms with E-state index in [-0.39, 0.29) is 5.41 Å². The van der Waals surface area contributed by atoms with Crippen LogP contribution in [0.1, 0.15) is 18.9 Å². The molecule has 5 rings (SSSR count). The maximum Gasteiger partial charge on any atom is 0.168 e. The normalized spacial score (nSPS) is 19.0. The number of ether oxygens (including phenoxy) is 1. The average Bonchev–Trinajstić information content (AvgIpc) is 3.39. The second-order valence-electron chi connectivity index (χ2n) is 7.79. The first-order chi connectivity index (χ1) is 14.2. The maximum atomic E-state index is 5.43. The standard InChI is InChI=1S/C23H23N5O/c1-23(17-7-6-10-19(13-17)29-2)11-12-27(15-23)21-20-14-26-28(22(20)25-16-24-21)18-8-4-3-5-9-18/h3-10,13-14,16H,11-12,15H2,1-2H3. The highest BCUT2D eigenvalue weighted by molar-refractivity contribution is 5.87. The Bertz CT molecular complexity index is 1160. The number of rotatable bonds is 4. The largest absolute Gasteiger partial charge is 0.497 e. The third-order valence-corrected chi connectivity index (χ3v) is 5.89. The highest BCUT2D eigenvalue weighted by Gasteiger charge is 2.37. The number of fused-ring (bicyclic) bond motifs is 1. The van der Waals surface area contributed by atoms with E-state index in [1.54, 1.807) is 13.4 Å². The summed E-state index contributed by atoms with van der Waals surface area (Å²) < 4.78 is 7.30. The van der Waals surface area contributed by atoms with Crippen molar-refractivity contribution in [3.63, 3.8) is 0 Å². The lowest BCUT2D eigenvalue weighted by molar-refractivity contribution is 0.412. The van der Waals surface area contributed by atoms with Crippen LogP contribution in [0.25, 0.3) is 16.7 Å². The molecule has 29 heavy (non-hydrogen) atoms. The van der Waals surface area contributed by atoms with E-state index in [1.165, 1.54) is 5.56 Å². The summed E-state index contributed by atoms with van der Waals surface area (Å²) in [5, 5.41) is 5.56. The molecule has 0 saturated carbocycles. The topological polar surface area (TPSA) is 56.1 Å². The second kappa shape index (κ2) is 6.88. The van der Waals surface area contributed by atoms with E-state index in [1.807, 2.05) is 47.3 Å². The van der Waals surface area contributed by atoms with Gasteiger partial charge in [0, 0.05) is 18.5 Å². The minimum atomic E-state index is 0.0429. The van der Waals surface area contributed by atoms with Gasteiger partial charge in [-0.15, -0.1) is 0 Å². The molecule has 1 unspecified atom stereocenters. The molecule has 1 fully saturated rings. The van der Waals surface area contributed by atoms with Crippen molar-refractivity contribution in [3.8, 4) is 11.4 Å². The van der Waals surface area contributed by atoms with E-state index in [0.717, 1.165) is 47.8 Å². The number of benzene rings is 2. The van der Waals surface area contributed by atoms with Gasteiger partial charge in [0.2, 0.25) is 0 Å². The van der Waals surface area contributed by atoms with Crippen LogP contribution in [-0.2, 0) is 5.41 Å². The predicted octanol–water partition coefficient (Wildman–Crippen LogP) is 3.99. The summed E-state index contributed by atoms with van der Waals surface area (Å²) in [7, 11) is 1.71. The summed E-state index contributed by atoms with van der Waals surface area (Å²) in [4.78, 5) is 11.5. The van der Waals surface area contributed by atoms with Gasteiger partial charge in [-0.25, -0.2) is 14.6 Å². The van der Waals surface area contributed by atoms with Crippen LogP contribution in [0.4, 0.5) is 5.82 Å². The van der Waals surface area contributed by atoms with Crippen molar-refractivity contribution in [1.29, 1.82) is 0 Å². The Hall–Kier alpha value is -3.41. The van der Waals surface area contributed by atoms with Gasteiger partial charge in [-0.1, -0.05) is 37.3 Å². The summed E-state index contributed by atoms with van der Waals surface area (Å²) in [5.74, 6) is 1.85. The van der Waals surface area contributed by atoms with Crippen molar-refractivity contribution in [1.82, 2.24) is 19.7 Å². The number of hydrogen-bond acceptors (Lipinski definition) is 5. The fraction of sp³-hybridized carbons (Fsp3) is 0.261. The van der Waals surface area contributed by atoms with Gasteiger partial charge in [-0.05, 0) is 36.2 Å². The van der Waals surface area contributed by atoms with E-state index in [2.05, 4.69) is 45.1 Å². The quantitative estimate of drug-likeness (QED) is 0.532. The third-order valence-electron chi connectivity index (χ3n) is 5.89. The Morgan fingerprint density at radius 2 is 1.90 bits per heavy atom.